The Morgan fingerprint density at radius 3 is 1.94 bits per heavy atom. The summed E-state index contributed by atoms with van der Waals surface area (Å²) in [5, 5.41) is 11.5. The summed E-state index contributed by atoms with van der Waals surface area (Å²) in [6.07, 6.45) is 14.0. The van der Waals surface area contributed by atoms with Crippen LogP contribution in [0.1, 0.15) is 76.7 Å². The van der Waals surface area contributed by atoms with Crippen molar-refractivity contribution in [1.82, 2.24) is 0 Å². The molecule has 2 rings (SSSR count). The Hall–Kier alpha value is -1.05. The van der Waals surface area contributed by atoms with E-state index in [1.165, 1.54) is 63.4 Å². The van der Waals surface area contributed by atoms with E-state index in [0.29, 0.717) is 5.75 Å². The molecule has 0 spiro atoms. The van der Waals surface area contributed by atoms with Crippen molar-refractivity contribution in [2.45, 2.75) is 82.4 Å². The van der Waals surface area contributed by atoms with Crippen LogP contribution in [0.25, 0.3) is 0 Å². The molecule has 0 saturated heterocycles. The van der Waals surface area contributed by atoms with Gasteiger partial charge in [-0.2, -0.15) is 8.42 Å². The molecule has 0 saturated carbocycles. The molecule has 0 amide bonds. The third-order valence-corrected chi connectivity index (χ3v) is 6.06. The zero-order valence-corrected chi connectivity index (χ0v) is 21.6. The molecule has 2 aromatic rings. The first-order chi connectivity index (χ1) is 14.4. The molecule has 0 bridgehead atoms. The second kappa shape index (κ2) is 14.9. The topological polar surface area (TPSA) is 86.7 Å². The van der Waals surface area contributed by atoms with Crippen LogP contribution in [0.4, 0.5) is 0 Å². The molecule has 5 nitrogen and oxygen atoms in total. The van der Waals surface area contributed by atoms with Crippen LogP contribution >= 0.6 is 0 Å². The van der Waals surface area contributed by atoms with Gasteiger partial charge in [-0.1, -0.05) is 82.9 Å². The molecule has 2 aromatic carbocycles. The van der Waals surface area contributed by atoms with Gasteiger partial charge in [-0.15, -0.1) is 5.75 Å². The van der Waals surface area contributed by atoms with Gasteiger partial charge in [-0.3, -0.25) is 4.55 Å². The van der Waals surface area contributed by atoms with E-state index in [2.05, 4.69) is 6.92 Å². The van der Waals surface area contributed by atoms with E-state index in [9.17, 15) is 18.1 Å². The first-order valence-electron chi connectivity index (χ1n) is 11.0. The zero-order chi connectivity index (χ0) is 21.8. The van der Waals surface area contributed by atoms with Gasteiger partial charge in [0.15, 0.2) is 0 Å². The molecule has 0 aromatic heterocycles. The van der Waals surface area contributed by atoms with Crippen molar-refractivity contribution < 1.29 is 52.4 Å². The summed E-state index contributed by atoms with van der Waals surface area (Å²) in [5.41, 5.74) is 1.19. The van der Waals surface area contributed by atoms with E-state index in [1.54, 1.807) is 12.1 Å². The maximum absolute atomic E-state index is 11.5. The van der Waals surface area contributed by atoms with Gasteiger partial charge in [-0.05, 0) is 42.7 Å². The van der Waals surface area contributed by atoms with Gasteiger partial charge >= 0.3 is 29.6 Å². The molecular formula is C24H33NaO5S. The largest absolute Gasteiger partial charge is 1.00 e. The van der Waals surface area contributed by atoms with Crippen LogP contribution in [0.2, 0.25) is 0 Å². The summed E-state index contributed by atoms with van der Waals surface area (Å²) in [7, 11) is -4.47. The van der Waals surface area contributed by atoms with Crippen molar-refractivity contribution in [3.05, 3.63) is 48.0 Å². The first kappa shape index (κ1) is 28.0. The molecule has 0 aliphatic carbocycles. The zero-order valence-electron chi connectivity index (χ0n) is 18.8. The minimum Gasteiger partial charge on any atom is -0.872 e. The SMILES string of the molecule is CCCCCCCCCCCCc1ccc(Oc2cc([O-])ccc2S(=O)(=O)O)cc1.[Na+]. The van der Waals surface area contributed by atoms with Crippen molar-refractivity contribution in [2.24, 2.45) is 0 Å². The molecule has 166 valence electrons. The molecule has 0 heterocycles. The summed E-state index contributed by atoms with van der Waals surface area (Å²) in [6, 6.07) is 10.6. The van der Waals surface area contributed by atoms with E-state index >= 15 is 0 Å². The normalized spacial score (nSPS) is 11.2. The number of hydrogen-bond donors (Lipinski definition) is 1. The average molecular weight is 457 g/mol. The smallest absolute Gasteiger partial charge is 0.872 e. The monoisotopic (exact) mass is 456 g/mol. The molecule has 0 atom stereocenters. The van der Waals surface area contributed by atoms with Crippen LogP contribution in [0.5, 0.6) is 17.2 Å². The number of ether oxygens (including phenoxy) is 1. The van der Waals surface area contributed by atoms with Gasteiger partial charge < -0.3 is 9.84 Å². The molecule has 1 N–H and O–H groups in total. The Kier molecular flexibility index (Phi) is 13.5. The number of rotatable bonds is 14. The Morgan fingerprint density at radius 1 is 0.839 bits per heavy atom. The van der Waals surface area contributed by atoms with Crippen molar-refractivity contribution in [3.8, 4) is 17.2 Å². The van der Waals surface area contributed by atoms with Gasteiger partial charge in [-0.25, -0.2) is 0 Å². The summed E-state index contributed by atoms with van der Waals surface area (Å²) >= 11 is 0. The Balaban J connectivity index is 0.00000480. The summed E-state index contributed by atoms with van der Waals surface area (Å²) in [6.45, 7) is 2.24. The predicted molar refractivity (Wildman–Crippen MR) is 118 cm³/mol. The van der Waals surface area contributed by atoms with Crippen molar-refractivity contribution in [1.29, 1.82) is 0 Å². The minimum absolute atomic E-state index is 0. The van der Waals surface area contributed by atoms with Gasteiger partial charge in [0, 0.05) is 0 Å². The standard InChI is InChI=1S/C24H34O5S.Na/c1-2-3-4-5-6-7-8-9-10-11-12-20-13-16-22(17-14-20)29-23-19-21(25)15-18-24(23)30(26,27)28;/h13-19,25H,2-12H2,1H3,(H,26,27,28);/q;+1/p-1. The van der Waals surface area contributed by atoms with E-state index < -0.39 is 20.8 Å². The first-order valence-corrected chi connectivity index (χ1v) is 12.4. The predicted octanol–water partition coefficient (Wildman–Crippen LogP) is 3.27. The Bertz CT molecular complexity index is 866. The molecule has 0 aliphatic heterocycles. The summed E-state index contributed by atoms with van der Waals surface area (Å²) in [5.74, 6) is -0.153. The maximum atomic E-state index is 11.5. The van der Waals surface area contributed by atoms with Gasteiger partial charge in [0.1, 0.15) is 16.4 Å². The number of aryl methyl sites for hydroxylation is 1. The van der Waals surface area contributed by atoms with E-state index in [1.807, 2.05) is 12.1 Å². The molecule has 7 heteroatoms. The number of unbranched alkanes of at least 4 members (excludes halogenated alkanes) is 9. The summed E-state index contributed by atoms with van der Waals surface area (Å²) in [4.78, 5) is -0.420. The van der Waals surface area contributed by atoms with Crippen LogP contribution in [0.15, 0.2) is 47.4 Å². The average Bonchev–Trinajstić information content (AvgIpc) is 2.70. The van der Waals surface area contributed by atoms with Crippen LogP contribution in [-0.4, -0.2) is 13.0 Å². The second-order valence-corrected chi connectivity index (χ2v) is 9.15. The Labute approximate surface area is 209 Å². The third-order valence-electron chi connectivity index (χ3n) is 5.16. The minimum atomic E-state index is -4.47. The quantitative estimate of drug-likeness (QED) is 0.268. The fraction of sp³-hybridized carbons (Fsp3) is 0.500. The summed E-state index contributed by atoms with van der Waals surface area (Å²) < 4.78 is 37.7. The fourth-order valence-corrected chi connectivity index (χ4v) is 4.04. The van der Waals surface area contributed by atoms with E-state index in [4.69, 9.17) is 4.74 Å². The van der Waals surface area contributed by atoms with E-state index in [-0.39, 0.29) is 35.3 Å². The molecular weight excluding hydrogens is 423 g/mol. The molecule has 0 fully saturated rings. The fourth-order valence-electron chi connectivity index (χ4n) is 3.45. The van der Waals surface area contributed by atoms with E-state index in [0.717, 1.165) is 31.0 Å². The molecule has 0 aliphatic rings. The maximum Gasteiger partial charge on any atom is 1.00 e. The van der Waals surface area contributed by atoms with Crippen LogP contribution in [-0.2, 0) is 16.5 Å². The van der Waals surface area contributed by atoms with Gasteiger partial charge in [0.05, 0.1) is 0 Å². The second-order valence-electron chi connectivity index (χ2n) is 7.76. The van der Waals surface area contributed by atoms with Crippen molar-refractivity contribution in [3.63, 3.8) is 0 Å². The third kappa shape index (κ3) is 10.9. The van der Waals surface area contributed by atoms with Gasteiger partial charge in [0.2, 0.25) is 0 Å². The number of benzene rings is 2. The van der Waals surface area contributed by atoms with Crippen molar-refractivity contribution >= 4 is 10.1 Å². The molecule has 0 unspecified atom stereocenters. The van der Waals surface area contributed by atoms with Crippen LogP contribution in [0, 0.1) is 0 Å². The molecule has 0 radical (unpaired) electrons. The van der Waals surface area contributed by atoms with Gasteiger partial charge in [0.25, 0.3) is 10.1 Å². The number of hydrogen-bond acceptors (Lipinski definition) is 4. The van der Waals surface area contributed by atoms with Crippen LogP contribution in [0.3, 0.4) is 0 Å². The van der Waals surface area contributed by atoms with Crippen molar-refractivity contribution in [2.75, 3.05) is 0 Å². The Morgan fingerprint density at radius 2 is 1.39 bits per heavy atom. The molecule has 31 heavy (non-hydrogen) atoms. The van der Waals surface area contributed by atoms with Crippen LogP contribution < -0.4 is 39.4 Å².